The van der Waals surface area contributed by atoms with E-state index in [2.05, 4.69) is 17.5 Å². The summed E-state index contributed by atoms with van der Waals surface area (Å²) in [6.45, 7) is 2.22. The van der Waals surface area contributed by atoms with Crippen LogP contribution in [0.1, 0.15) is 63.2 Å². The number of hydrogen-bond acceptors (Lipinski definition) is 3. The summed E-state index contributed by atoms with van der Waals surface area (Å²) in [5, 5.41) is 5.93. The topological polar surface area (TPSA) is 41.5 Å². The van der Waals surface area contributed by atoms with Gasteiger partial charge in [0, 0.05) is 11.3 Å². The van der Waals surface area contributed by atoms with E-state index in [-0.39, 0.29) is 5.91 Å². The number of rotatable bonds is 10. The van der Waals surface area contributed by atoms with Crippen LogP contribution >= 0.6 is 11.3 Å². The van der Waals surface area contributed by atoms with Gasteiger partial charge >= 0.3 is 0 Å². The maximum atomic E-state index is 11.5. The number of amides is 1. The molecule has 1 amide bonds. The number of nitrogens with zero attached hydrogens (tertiary/aromatic N) is 1. The molecule has 1 heterocycles. The van der Waals surface area contributed by atoms with Crippen LogP contribution in [0.25, 0.3) is 0 Å². The predicted octanol–water partition coefficient (Wildman–Crippen LogP) is 4.34. The fraction of sp³-hybridized carbons (Fsp3) is 0.600. The van der Waals surface area contributed by atoms with E-state index in [1.165, 1.54) is 32.1 Å². The number of unbranched alkanes of at least 4 members (excludes halogenated alkanes) is 6. The molecule has 1 rings (SSSR count). The first-order valence-corrected chi connectivity index (χ1v) is 8.06. The highest BCUT2D eigenvalue weighted by Crippen LogP contribution is 2.08. The fourth-order valence-electron chi connectivity index (χ4n) is 1.83. The zero-order valence-electron chi connectivity index (χ0n) is 11.7. The quantitative estimate of drug-likeness (QED) is 0.386. The van der Waals surface area contributed by atoms with Crippen LogP contribution in [0, 0.1) is 0 Å². The Bertz CT molecular complexity index is 360. The van der Waals surface area contributed by atoms with Crippen molar-refractivity contribution in [3.8, 4) is 0 Å². The molecular formula is C15H24N2OS. The summed E-state index contributed by atoms with van der Waals surface area (Å²) in [5.74, 6) is 0.0152. The highest BCUT2D eigenvalue weighted by molar-refractivity contribution is 7.11. The van der Waals surface area contributed by atoms with Crippen LogP contribution in [0.3, 0.4) is 0 Å². The van der Waals surface area contributed by atoms with E-state index >= 15 is 0 Å². The molecule has 1 aromatic heterocycles. The molecular weight excluding hydrogens is 256 g/mol. The average molecular weight is 280 g/mol. The van der Waals surface area contributed by atoms with E-state index in [0.717, 1.165) is 17.7 Å². The minimum absolute atomic E-state index is 0.0152. The Morgan fingerprint density at radius 2 is 2.00 bits per heavy atom. The molecule has 0 bridgehead atoms. The molecule has 4 heteroatoms. The van der Waals surface area contributed by atoms with Crippen molar-refractivity contribution in [2.75, 3.05) is 0 Å². The molecule has 0 aliphatic rings. The zero-order chi connectivity index (χ0) is 13.8. The SMILES string of the molecule is CCCCCCCCCC(=O)N/N=C\c1cccs1. The lowest BCUT2D eigenvalue weighted by Crippen LogP contribution is -2.16. The first kappa shape index (κ1) is 15.9. The lowest BCUT2D eigenvalue weighted by atomic mass is 10.1. The van der Waals surface area contributed by atoms with E-state index in [0.29, 0.717) is 6.42 Å². The van der Waals surface area contributed by atoms with Gasteiger partial charge in [0.15, 0.2) is 0 Å². The van der Waals surface area contributed by atoms with Crippen molar-refractivity contribution < 1.29 is 4.79 Å². The lowest BCUT2D eigenvalue weighted by Gasteiger charge is -2.01. The first-order chi connectivity index (χ1) is 9.33. The van der Waals surface area contributed by atoms with Gasteiger partial charge in [-0.2, -0.15) is 5.10 Å². The molecule has 0 atom stereocenters. The summed E-state index contributed by atoms with van der Waals surface area (Å²) in [6, 6.07) is 3.93. The van der Waals surface area contributed by atoms with Gasteiger partial charge in [0.2, 0.25) is 5.91 Å². The summed E-state index contributed by atoms with van der Waals surface area (Å²) in [7, 11) is 0. The van der Waals surface area contributed by atoms with E-state index in [1.54, 1.807) is 17.6 Å². The van der Waals surface area contributed by atoms with Gasteiger partial charge < -0.3 is 0 Å². The standard InChI is InChI=1S/C15H24N2OS/c1-2-3-4-5-6-7-8-11-15(18)17-16-13-14-10-9-12-19-14/h9-10,12-13H,2-8,11H2,1H3,(H,17,18)/b16-13-. The molecule has 0 unspecified atom stereocenters. The minimum Gasteiger partial charge on any atom is -0.273 e. The number of nitrogens with one attached hydrogen (secondary N) is 1. The molecule has 1 aromatic rings. The highest BCUT2D eigenvalue weighted by Gasteiger charge is 1.99. The van der Waals surface area contributed by atoms with Crippen molar-refractivity contribution in [1.29, 1.82) is 0 Å². The second-order valence-corrected chi connectivity index (χ2v) is 5.66. The molecule has 3 nitrogen and oxygen atoms in total. The number of thiophene rings is 1. The van der Waals surface area contributed by atoms with E-state index in [4.69, 9.17) is 0 Å². The van der Waals surface area contributed by atoms with Gasteiger partial charge in [-0.3, -0.25) is 4.79 Å². The van der Waals surface area contributed by atoms with Gasteiger partial charge in [-0.15, -0.1) is 11.3 Å². The molecule has 0 fully saturated rings. The maximum Gasteiger partial charge on any atom is 0.240 e. The molecule has 106 valence electrons. The summed E-state index contributed by atoms with van der Waals surface area (Å²) >= 11 is 1.60. The Kier molecular flexibility index (Phi) is 8.98. The molecule has 0 saturated carbocycles. The molecule has 0 spiro atoms. The van der Waals surface area contributed by atoms with Gasteiger partial charge in [0.05, 0.1) is 6.21 Å². The first-order valence-electron chi connectivity index (χ1n) is 7.18. The number of carbonyl (C=O) groups excluding carboxylic acids is 1. The van der Waals surface area contributed by atoms with Gasteiger partial charge in [-0.25, -0.2) is 5.43 Å². The number of hydrogen-bond donors (Lipinski definition) is 1. The molecule has 0 radical (unpaired) electrons. The molecule has 0 saturated heterocycles. The van der Waals surface area contributed by atoms with E-state index < -0.39 is 0 Å². The Balaban J connectivity index is 1.96. The zero-order valence-corrected chi connectivity index (χ0v) is 12.5. The van der Waals surface area contributed by atoms with Crippen LogP contribution in [-0.4, -0.2) is 12.1 Å². The summed E-state index contributed by atoms with van der Waals surface area (Å²) in [4.78, 5) is 12.5. The number of hydrazone groups is 1. The lowest BCUT2D eigenvalue weighted by molar-refractivity contribution is -0.121. The van der Waals surface area contributed by atoms with Crippen LogP contribution in [0.15, 0.2) is 22.6 Å². The molecule has 0 aliphatic heterocycles. The van der Waals surface area contributed by atoms with Crippen molar-refractivity contribution in [3.63, 3.8) is 0 Å². The highest BCUT2D eigenvalue weighted by atomic mass is 32.1. The van der Waals surface area contributed by atoms with Crippen LogP contribution in [-0.2, 0) is 4.79 Å². The molecule has 19 heavy (non-hydrogen) atoms. The van der Waals surface area contributed by atoms with Crippen LogP contribution in [0.4, 0.5) is 0 Å². The van der Waals surface area contributed by atoms with Gasteiger partial charge in [-0.1, -0.05) is 51.5 Å². The third-order valence-electron chi connectivity index (χ3n) is 2.93. The third kappa shape index (κ3) is 8.54. The van der Waals surface area contributed by atoms with E-state index in [1.807, 2.05) is 17.5 Å². The van der Waals surface area contributed by atoms with Crippen molar-refractivity contribution in [2.24, 2.45) is 5.10 Å². The van der Waals surface area contributed by atoms with Crippen molar-refractivity contribution in [3.05, 3.63) is 22.4 Å². The molecule has 0 aromatic carbocycles. The normalized spacial score (nSPS) is 11.0. The average Bonchev–Trinajstić information content (AvgIpc) is 2.91. The minimum atomic E-state index is 0.0152. The van der Waals surface area contributed by atoms with Gasteiger partial charge in [0.1, 0.15) is 0 Å². The van der Waals surface area contributed by atoms with Gasteiger partial charge in [0.25, 0.3) is 0 Å². The second-order valence-electron chi connectivity index (χ2n) is 4.68. The Hall–Kier alpha value is -1.16. The predicted molar refractivity (Wildman–Crippen MR) is 82.7 cm³/mol. The number of carbonyl (C=O) groups is 1. The smallest absolute Gasteiger partial charge is 0.240 e. The van der Waals surface area contributed by atoms with Crippen molar-refractivity contribution in [2.45, 2.75) is 58.3 Å². The van der Waals surface area contributed by atoms with Gasteiger partial charge in [-0.05, 0) is 17.9 Å². The monoisotopic (exact) mass is 280 g/mol. The van der Waals surface area contributed by atoms with Crippen molar-refractivity contribution in [1.82, 2.24) is 5.43 Å². The second kappa shape index (κ2) is 10.7. The Morgan fingerprint density at radius 1 is 1.26 bits per heavy atom. The van der Waals surface area contributed by atoms with Crippen LogP contribution < -0.4 is 5.43 Å². The summed E-state index contributed by atoms with van der Waals surface area (Å²) in [5.41, 5.74) is 2.57. The van der Waals surface area contributed by atoms with Crippen LogP contribution in [0.2, 0.25) is 0 Å². The maximum absolute atomic E-state index is 11.5. The Labute approximate surface area is 120 Å². The molecule has 0 aliphatic carbocycles. The van der Waals surface area contributed by atoms with E-state index in [9.17, 15) is 4.79 Å². The third-order valence-corrected chi connectivity index (χ3v) is 3.74. The van der Waals surface area contributed by atoms with Crippen LogP contribution in [0.5, 0.6) is 0 Å². The largest absolute Gasteiger partial charge is 0.273 e. The molecule has 1 N–H and O–H groups in total. The van der Waals surface area contributed by atoms with Crippen molar-refractivity contribution >= 4 is 23.5 Å². The fourth-order valence-corrected chi connectivity index (χ4v) is 2.42. The summed E-state index contributed by atoms with van der Waals surface area (Å²) < 4.78 is 0. The summed E-state index contributed by atoms with van der Waals surface area (Å²) in [6.07, 6.45) is 10.9. The Morgan fingerprint density at radius 3 is 2.68 bits per heavy atom.